The average molecular weight is 370 g/mol. The molecule has 1 N–H and O–H groups in total. The predicted octanol–water partition coefficient (Wildman–Crippen LogP) is 3.18. The number of fused-ring (bicyclic) bond motifs is 1. The lowest BCUT2D eigenvalue weighted by molar-refractivity contribution is 0.0739. The molecule has 0 bridgehead atoms. The molecule has 26 heavy (non-hydrogen) atoms. The molecule has 134 valence electrons. The summed E-state index contributed by atoms with van der Waals surface area (Å²) in [6, 6.07) is 5.73. The van der Waals surface area contributed by atoms with Crippen LogP contribution in [-0.4, -0.2) is 39.3 Å². The molecule has 3 aromatic rings. The number of nitrogens with zero attached hydrogens (tertiary/aromatic N) is 3. The van der Waals surface area contributed by atoms with Crippen LogP contribution in [0.2, 0.25) is 0 Å². The number of ether oxygens (including phenoxy) is 1. The Balaban J connectivity index is 1.37. The van der Waals surface area contributed by atoms with Crippen LogP contribution in [-0.2, 0) is 17.7 Å². The van der Waals surface area contributed by atoms with Gasteiger partial charge in [0.1, 0.15) is 5.69 Å². The lowest BCUT2D eigenvalue weighted by Crippen LogP contribution is -2.35. The van der Waals surface area contributed by atoms with Crippen molar-refractivity contribution >= 4 is 17.2 Å². The summed E-state index contributed by atoms with van der Waals surface area (Å²) in [5, 5.41) is 11.2. The van der Waals surface area contributed by atoms with Gasteiger partial charge in [0, 0.05) is 41.8 Å². The molecule has 2 aliphatic rings. The van der Waals surface area contributed by atoms with Crippen molar-refractivity contribution in [1.29, 1.82) is 0 Å². The number of H-pyrrole nitrogens is 1. The standard InChI is InChI=1S/C18H18N4O3S/c23-18(16-4-3-15(26-16)13-2-1-9-24-13)22-8-6-12-11(10-22)17(21-20-12)14-5-7-19-25-14/h3-5,7,13H,1-2,6,8-10H2,(H,20,21). The second kappa shape index (κ2) is 6.37. The van der Waals surface area contributed by atoms with E-state index in [0.717, 1.165) is 52.6 Å². The minimum Gasteiger partial charge on any atom is -0.373 e. The highest BCUT2D eigenvalue weighted by Crippen LogP contribution is 2.34. The Morgan fingerprint density at radius 3 is 3.12 bits per heavy atom. The number of carbonyl (C=O) groups excluding carboxylic acids is 1. The first-order chi connectivity index (χ1) is 12.8. The van der Waals surface area contributed by atoms with E-state index in [1.165, 1.54) is 0 Å². The normalized spacial score (nSPS) is 19.7. The van der Waals surface area contributed by atoms with Gasteiger partial charge in [-0.1, -0.05) is 5.16 Å². The topological polar surface area (TPSA) is 84.2 Å². The van der Waals surface area contributed by atoms with Crippen molar-refractivity contribution in [3.8, 4) is 11.5 Å². The molecule has 0 radical (unpaired) electrons. The lowest BCUT2D eigenvalue weighted by atomic mass is 10.0. The zero-order chi connectivity index (χ0) is 17.5. The van der Waals surface area contributed by atoms with Crippen LogP contribution in [0.15, 0.2) is 28.9 Å². The van der Waals surface area contributed by atoms with Gasteiger partial charge in [-0.05, 0) is 25.0 Å². The van der Waals surface area contributed by atoms with Crippen LogP contribution in [0.5, 0.6) is 0 Å². The fourth-order valence-corrected chi connectivity index (χ4v) is 4.67. The maximum absolute atomic E-state index is 13.0. The first kappa shape index (κ1) is 15.8. The highest BCUT2D eigenvalue weighted by Gasteiger charge is 2.29. The molecule has 8 heteroatoms. The van der Waals surface area contributed by atoms with Crippen LogP contribution >= 0.6 is 11.3 Å². The second-order valence-corrected chi connectivity index (χ2v) is 7.70. The van der Waals surface area contributed by atoms with Crippen LogP contribution in [0, 0.1) is 0 Å². The Morgan fingerprint density at radius 1 is 1.35 bits per heavy atom. The quantitative estimate of drug-likeness (QED) is 0.765. The van der Waals surface area contributed by atoms with Crippen LogP contribution in [0.4, 0.5) is 0 Å². The molecule has 1 unspecified atom stereocenters. The third-order valence-electron chi connectivity index (χ3n) is 4.98. The van der Waals surface area contributed by atoms with E-state index in [2.05, 4.69) is 15.4 Å². The smallest absolute Gasteiger partial charge is 0.264 e. The van der Waals surface area contributed by atoms with E-state index in [1.807, 2.05) is 17.0 Å². The van der Waals surface area contributed by atoms with Crippen molar-refractivity contribution in [1.82, 2.24) is 20.3 Å². The maximum Gasteiger partial charge on any atom is 0.264 e. The number of carbonyl (C=O) groups is 1. The van der Waals surface area contributed by atoms with Crippen LogP contribution in [0.25, 0.3) is 11.5 Å². The Hall–Kier alpha value is -2.45. The Kier molecular flexibility index (Phi) is 3.86. The molecule has 0 spiro atoms. The van der Waals surface area contributed by atoms with Crippen molar-refractivity contribution in [2.45, 2.75) is 31.9 Å². The number of rotatable bonds is 3. The highest BCUT2D eigenvalue weighted by molar-refractivity contribution is 7.14. The Labute approximate surface area is 153 Å². The zero-order valence-corrected chi connectivity index (χ0v) is 14.9. The molecule has 1 saturated heterocycles. The lowest BCUT2D eigenvalue weighted by Gasteiger charge is -2.26. The summed E-state index contributed by atoms with van der Waals surface area (Å²) in [5.74, 6) is 0.684. The van der Waals surface area contributed by atoms with Crippen LogP contribution < -0.4 is 0 Å². The largest absolute Gasteiger partial charge is 0.373 e. The van der Waals surface area contributed by atoms with Crippen molar-refractivity contribution in [2.24, 2.45) is 0 Å². The molecule has 1 fully saturated rings. The summed E-state index contributed by atoms with van der Waals surface area (Å²) >= 11 is 1.55. The monoisotopic (exact) mass is 370 g/mol. The number of amides is 1. The van der Waals surface area contributed by atoms with Gasteiger partial charge in [0.2, 0.25) is 0 Å². The van der Waals surface area contributed by atoms with Crippen molar-refractivity contribution in [3.05, 3.63) is 45.4 Å². The molecule has 3 aromatic heterocycles. The molecule has 7 nitrogen and oxygen atoms in total. The molecule has 0 saturated carbocycles. The van der Waals surface area contributed by atoms with Gasteiger partial charge in [-0.3, -0.25) is 9.89 Å². The number of hydrogen-bond acceptors (Lipinski definition) is 6. The number of aromatic nitrogens is 3. The van der Waals surface area contributed by atoms with Crippen molar-refractivity contribution in [2.75, 3.05) is 13.2 Å². The van der Waals surface area contributed by atoms with E-state index < -0.39 is 0 Å². The van der Waals surface area contributed by atoms with Crippen LogP contribution in [0.3, 0.4) is 0 Å². The van der Waals surface area contributed by atoms with E-state index in [4.69, 9.17) is 9.26 Å². The van der Waals surface area contributed by atoms with E-state index in [1.54, 1.807) is 23.6 Å². The summed E-state index contributed by atoms with van der Waals surface area (Å²) in [6.07, 6.45) is 4.64. The second-order valence-electron chi connectivity index (χ2n) is 6.59. The fourth-order valence-electron chi connectivity index (χ4n) is 3.61. The third-order valence-corrected chi connectivity index (χ3v) is 6.14. The first-order valence-electron chi connectivity index (χ1n) is 8.77. The minimum absolute atomic E-state index is 0.0645. The number of nitrogens with one attached hydrogen (secondary N) is 1. The van der Waals surface area contributed by atoms with E-state index in [9.17, 15) is 4.79 Å². The van der Waals surface area contributed by atoms with Gasteiger partial charge in [0.05, 0.1) is 23.7 Å². The molecular formula is C18H18N4O3S. The van der Waals surface area contributed by atoms with Crippen molar-refractivity contribution in [3.63, 3.8) is 0 Å². The molecule has 2 aliphatic heterocycles. The summed E-state index contributed by atoms with van der Waals surface area (Å²) in [6.45, 7) is 2.01. The number of aromatic amines is 1. The van der Waals surface area contributed by atoms with Gasteiger partial charge in [0.15, 0.2) is 5.76 Å². The first-order valence-corrected chi connectivity index (χ1v) is 9.59. The highest BCUT2D eigenvalue weighted by atomic mass is 32.1. The third kappa shape index (κ3) is 2.65. The predicted molar refractivity (Wildman–Crippen MR) is 94.8 cm³/mol. The molecule has 5 rings (SSSR count). The Bertz CT molecular complexity index is 924. The van der Waals surface area contributed by atoms with Gasteiger partial charge < -0.3 is 14.2 Å². The van der Waals surface area contributed by atoms with Gasteiger partial charge in [-0.15, -0.1) is 11.3 Å². The van der Waals surface area contributed by atoms with Gasteiger partial charge in [-0.25, -0.2) is 0 Å². The molecule has 0 aromatic carbocycles. The molecular weight excluding hydrogens is 352 g/mol. The summed E-state index contributed by atoms with van der Waals surface area (Å²) < 4.78 is 11.0. The summed E-state index contributed by atoms with van der Waals surface area (Å²) in [4.78, 5) is 16.8. The van der Waals surface area contributed by atoms with E-state index in [0.29, 0.717) is 18.8 Å². The van der Waals surface area contributed by atoms with Gasteiger partial charge in [0.25, 0.3) is 5.91 Å². The Morgan fingerprint density at radius 2 is 2.31 bits per heavy atom. The molecule has 1 amide bonds. The van der Waals surface area contributed by atoms with Gasteiger partial charge >= 0.3 is 0 Å². The van der Waals surface area contributed by atoms with Gasteiger partial charge in [-0.2, -0.15) is 5.10 Å². The molecule has 0 aliphatic carbocycles. The zero-order valence-electron chi connectivity index (χ0n) is 14.1. The van der Waals surface area contributed by atoms with Crippen molar-refractivity contribution < 1.29 is 14.1 Å². The number of hydrogen-bond donors (Lipinski definition) is 1. The summed E-state index contributed by atoms with van der Waals surface area (Å²) in [7, 11) is 0. The average Bonchev–Trinajstić information content (AvgIpc) is 3.47. The number of thiophene rings is 1. The fraction of sp³-hybridized carbons (Fsp3) is 0.389. The maximum atomic E-state index is 13.0. The minimum atomic E-state index is 0.0645. The van der Waals surface area contributed by atoms with E-state index in [-0.39, 0.29) is 12.0 Å². The molecule has 5 heterocycles. The molecule has 1 atom stereocenters. The SMILES string of the molecule is O=C(c1ccc(C2CCCO2)s1)N1CCc2[nH]nc(-c3ccno3)c2C1. The van der Waals surface area contributed by atoms with Crippen LogP contribution in [0.1, 0.15) is 44.8 Å². The summed E-state index contributed by atoms with van der Waals surface area (Å²) in [5.41, 5.74) is 2.81. The van der Waals surface area contributed by atoms with E-state index >= 15 is 0 Å².